The first kappa shape index (κ1) is 27.1. The van der Waals surface area contributed by atoms with Gasteiger partial charge in [0.2, 0.25) is 5.91 Å². The molecule has 8 heteroatoms. The number of carboxylic acids is 2. The zero-order valence-electron chi connectivity index (χ0n) is 18.1. The summed E-state index contributed by atoms with van der Waals surface area (Å²) in [5, 5.41) is 32.7. The van der Waals surface area contributed by atoms with E-state index in [9.17, 15) is 24.6 Å². The average Bonchev–Trinajstić information content (AvgIpc) is 2.67. The normalized spacial score (nSPS) is 15.6. The molecule has 0 bridgehead atoms. The maximum Gasteiger partial charge on any atom is 0.306 e. The van der Waals surface area contributed by atoms with Crippen LogP contribution in [0, 0.1) is 11.8 Å². The van der Waals surface area contributed by atoms with E-state index in [4.69, 9.17) is 5.11 Å². The Balaban J connectivity index is 4.98. The molecule has 0 radical (unpaired) electrons. The Morgan fingerprint density at radius 3 is 2.17 bits per heavy atom. The maximum atomic E-state index is 12.0. The molecule has 0 saturated carbocycles. The number of quaternary nitrogens is 1. The Hall–Kier alpha value is -1.93. The van der Waals surface area contributed by atoms with Gasteiger partial charge in [0.25, 0.3) is 0 Å². The molecule has 0 aromatic rings. The average molecular weight is 415 g/mol. The van der Waals surface area contributed by atoms with Gasteiger partial charge in [-0.05, 0) is 6.42 Å². The van der Waals surface area contributed by atoms with Crippen molar-refractivity contribution in [1.82, 2.24) is 5.32 Å². The zero-order valence-corrected chi connectivity index (χ0v) is 18.1. The number of carbonyl (C=O) groups excluding carboxylic acids is 2. The molecular weight excluding hydrogens is 376 g/mol. The van der Waals surface area contributed by atoms with Crippen LogP contribution in [-0.4, -0.2) is 71.9 Å². The first-order valence-electron chi connectivity index (χ1n) is 10.5. The lowest BCUT2D eigenvalue weighted by atomic mass is 10.0. The minimum atomic E-state index is -1.13. The molecule has 3 atom stereocenters. The number of allylic oxidation sites excluding steroid dienone is 1. The highest BCUT2D eigenvalue weighted by Crippen LogP contribution is 2.16. The van der Waals surface area contributed by atoms with Crippen LogP contribution in [0.25, 0.3) is 0 Å². The second kappa shape index (κ2) is 15.0. The highest BCUT2D eigenvalue weighted by Gasteiger charge is 2.29. The van der Waals surface area contributed by atoms with Crippen molar-refractivity contribution in [3.63, 3.8) is 0 Å². The molecule has 0 aromatic heterocycles. The quantitative estimate of drug-likeness (QED) is 0.236. The van der Waals surface area contributed by atoms with Crippen LogP contribution in [-0.2, 0) is 14.4 Å². The number of amides is 1. The van der Waals surface area contributed by atoms with Gasteiger partial charge in [-0.25, -0.2) is 0 Å². The van der Waals surface area contributed by atoms with E-state index in [2.05, 4.69) is 12.2 Å². The lowest BCUT2D eigenvalue weighted by Gasteiger charge is -2.39. The molecule has 3 N–H and O–H groups in total. The fourth-order valence-corrected chi connectivity index (χ4v) is 3.04. The van der Waals surface area contributed by atoms with Crippen molar-refractivity contribution < 1.29 is 34.2 Å². The molecule has 0 fully saturated rings. The summed E-state index contributed by atoms with van der Waals surface area (Å²) in [5.41, 5.74) is 0. The number of aliphatic carboxylic acids is 2. The van der Waals surface area contributed by atoms with Crippen LogP contribution in [0.1, 0.15) is 52.9 Å². The van der Waals surface area contributed by atoms with Crippen molar-refractivity contribution in [2.45, 2.75) is 52.9 Å². The third-order valence-corrected chi connectivity index (χ3v) is 5.30. The number of aliphatic hydroxyl groups is 1. The first-order valence-corrected chi connectivity index (χ1v) is 10.5. The molecule has 0 aliphatic carbocycles. The molecule has 8 nitrogen and oxygen atoms in total. The number of hydrogen-bond acceptors (Lipinski definition) is 5. The number of rotatable bonds is 17. The molecule has 0 aromatic carbocycles. The number of aliphatic hydroxyl groups excluding tert-OH is 1. The third kappa shape index (κ3) is 12.3. The second-order valence-corrected chi connectivity index (χ2v) is 7.81. The number of hydrogen-bond donors (Lipinski definition) is 3. The summed E-state index contributed by atoms with van der Waals surface area (Å²) in [6.45, 7) is 7.37. The number of carboxylic acid groups (broad SMARTS) is 2. The van der Waals surface area contributed by atoms with E-state index in [0.29, 0.717) is 56.5 Å². The van der Waals surface area contributed by atoms with Gasteiger partial charge >= 0.3 is 5.97 Å². The summed E-state index contributed by atoms with van der Waals surface area (Å²) < 4.78 is 0.359. The molecule has 0 rings (SSSR count). The van der Waals surface area contributed by atoms with Crippen LogP contribution in [0.3, 0.4) is 0 Å². The molecule has 168 valence electrons. The summed E-state index contributed by atoms with van der Waals surface area (Å²) in [5.74, 6) is -3.29. The molecular formula is C21H38N2O6. The van der Waals surface area contributed by atoms with Crippen LogP contribution in [0.4, 0.5) is 0 Å². The minimum absolute atomic E-state index is 0.0959. The van der Waals surface area contributed by atoms with Crippen LogP contribution in [0.15, 0.2) is 12.2 Å². The smallest absolute Gasteiger partial charge is 0.306 e. The van der Waals surface area contributed by atoms with Crippen LogP contribution in [0.2, 0.25) is 0 Å². The Morgan fingerprint density at radius 2 is 1.66 bits per heavy atom. The monoisotopic (exact) mass is 414 g/mol. The Bertz CT molecular complexity index is 511. The van der Waals surface area contributed by atoms with E-state index < -0.39 is 23.8 Å². The summed E-state index contributed by atoms with van der Waals surface area (Å²) in [6.07, 6.45) is 6.84. The lowest BCUT2D eigenvalue weighted by molar-refractivity contribution is -0.928. The molecule has 0 aliphatic rings. The second-order valence-electron chi connectivity index (χ2n) is 7.81. The highest BCUT2D eigenvalue weighted by atomic mass is 16.4. The van der Waals surface area contributed by atoms with Gasteiger partial charge in [-0.3, -0.25) is 9.59 Å². The van der Waals surface area contributed by atoms with Crippen molar-refractivity contribution in [2.24, 2.45) is 11.8 Å². The Labute approximate surface area is 174 Å². The van der Waals surface area contributed by atoms with Crippen LogP contribution in [0.5, 0.6) is 0 Å². The molecule has 0 spiro atoms. The largest absolute Gasteiger partial charge is 0.550 e. The van der Waals surface area contributed by atoms with Gasteiger partial charge in [-0.1, -0.05) is 39.3 Å². The van der Waals surface area contributed by atoms with Crippen molar-refractivity contribution in [3.05, 3.63) is 12.2 Å². The number of nitrogens with zero attached hydrogens (tertiary/aromatic N) is 1. The Morgan fingerprint density at radius 1 is 1.03 bits per heavy atom. The van der Waals surface area contributed by atoms with E-state index >= 15 is 0 Å². The van der Waals surface area contributed by atoms with Gasteiger partial charge in [0.15, 0.2) is 0 Å². The standard InChI is InChI=1S/C21H38N2O6/c1-4-5-6-7-8-19(25)22-11-14-23(15-16-24,12-9-17(2)20(26)27)13-10-18(3)21(28)29/h6-7,17-18,24H,4-5,8-16H2,1-3H3,(H2-,22,25,26,27,28,29)/b7-6+. The molecule has 0 aliphatic heterocycles. The molecule has 3 unspecified atom stereocenters. The summed E-state index contributed by atoms with van der Waals surface area (Å²) in [4.78, 5) is 34.2. The topological polar surface area (TPSA) is 127 Å². The lowest BCUT2D eigenvalue weighted by Crippen LogP contribution is -2.55. The molecule has 29 heavy (non-hydrogen) atoms. The first-order chi connectivity index (χ1) is 13.7. The summed E-state index contributed by atoms with van der Waals surface area (Å²) in [6, 6.07) is 0. The summed E-state index contributed by atoms with van der Waals surface area (Å²) in [7, 11) is 0. The van der Waals surface area contributed by atoms with Gasteiger partial charge < -0.3 is 29.9 Å². The highest BCUT2D eigenvalue weighted by molar-refractivity contribution is 5.77. The number of carbonyl (C=O) groups is 3. The minimum Gasteiger partial charge on any atom is -0.550 e. The van der Waals surface area contributed by atoms with Gasteiger partial charge in [-0.15, -0.1) is 0 Å². The fraction of sp³-hybridized carbons (Fsp3) is 0.762. The van der Waals surface area contributed by atoms with E-state index in [1.54, 1.807) is 13.8 Å². The number of nitrogens with one attached hydrogen (secondary N) is 1. The van der Waals surface area contributed by atoms with Crippen LogP contribution >= 0.6 is 0 Å². The molecule has 0 saturated heterocycles. The van der Waals surface area contributed by atoms with E-state index in [0.717, 1.165) is 12.8 Å². The van der Waals surface area contributed by atoms with Crippen molar-refractivity contribution in [1.29, 1.82) is 0 Å². The van der Waals surface area contributed by atoms with E-state index in [1.807, 2.05) is 12.2 Å². The van der Waals surface area contributed by atoms with E-state index in [1.165, 1.54) is 0 Å². The van der Waals surface area contributed by atoms with Gasteiger partial charge in [0.05, 0.1) is 38.7 Å². The van der Waals surface area contributed by atoms with Gasteiger partial charge in [0.1, 0.15) is 6.54 Å². The van der Waals surface area contributed by atoms with E-state index in [-0.39, 0.29) is 12.5 Å². The Kier molecular flexibility index (Phi) is 14.0. The summed E-state index contributed by atoms with van der Waals surface area (Å²) >= 11 is 0. The fourth-order valence-electron chi connectivity index (χ4n) is 3.04. The van der Waals surface area contributed by atoms with Crippen molar-refractivity contribution >= 4 is 17.8 Å². The maximum absolute atomic E-state index is 12.0. The van der Waals surface area contributed by atoms with Crippen LogP contribution < -0.4 is 10.4 Å². The van der Waals surface area contributed by atoms with Crippen molar-refractivity contribution in [3.8, 4) is 0 Å². The number of unbranched alkanes of at least 4 members (excludes halogenated alkanes) is 1. The van der Waals surface area contributed by atoms with Gasteiger partial charge in [0, 0.05) is 31.1 Å². The predicted octanol–water partition coefficient (Wildman–Crippen LogP) is 0.545. The molecule has 1 amide bonds. The van der Waals surface area contributed by atoms with Crippen molar-refractivity contribution in [2.75, 3.05) is 39.3 Å². The predicted molar refractivity (Wildman–Crippen MR) is 109 cm³/mol. The third-order valence-electron chi connectivity index (χ3n) is 5.30. The SMILES string of the molecule is CCC/C=C/CC(=O)NCC[N+](CCO)(CCC(C)C(=O)[O-])CCC(C)C(=O)O. The van der Waals surface area contributed by atoms with Gasteiger partial charge in [-0.2, -0.15) is 0 Å². The zero-order chi connectivity index (χ0) is 22.3. The molecule has 0 heterocycles.